The van der Waals surface area contributed by atoms with Gasteiger partial charge in [0.25, 0.3) is 5.91 Å². The first-order chi connectivity index (χ1) is 19.5. The van der Waals surface area contributed by atoms with Gasteiger partial charge in [-0.1, -0.05) is 42.5 Å². The van der Waals surface area contributed by atoms with E-state index >= 15 is 0 Å². The molecule has 214 valence electrons. The van der Waals surface area contributed by atoms with E-state index in [0.29, 0.717) is 17.0 Å². The number of alkyl carbamates (subject to hydrolysis) is 1. The lowest BCUT2D eigenvalue weighted by Gasteiger charge is -2.33. The zero-order valence-electron chi connectivity index (χ0n) is 23.5. The molecule has 3 aromatic rings. The van der Waals surface area contributed by atoms with Crippen molar-refractivity contribution in [3.8, 4) is 17.6 Å². The Bertz CT molecular complexity index is 1360. The summed E-state index contributed by atoms with van der Waals surface area (Å²) in [6, 6.07) is 21.0. The van der Waals surface area contributed by atoms with Gasteiger partial charge >= 0.3 is 6.09 Å². The van der Waals surface area contributed by atoms with Crippen LogP contribution in [0.1, 0.15) is 37.9 Å². The molecule has 0 saturated carbocycles. The van der Waals surface area contributed by atoms with Gasteiger partial charge in [0, 0.05) is 12.1 Å². The Morgan fingerprint density at radius 2 is 1.61 bits per heavy atom. The van der Waals surface area contributed by atoms with Crippen molar-refractivity contribution in [2.45, 2.75) is 44.9 Å². The molecule has 0 saturated heterocycles. The molecule has 3 amide bonds. The number of amides is 3. The number of phenolic OH excluding ortho intramolecular Hbond substituents is 1. The second-order valence-electron chi connectivity index (χ2n) is 10.2. The van der Waals surface area contributed by atoms with Gasteiger partial charge in [-0.2, -0.15) is 5.26 Å². The standard InChI is InChI=1S/C31H34N4O6/c1-31(2,3)41-30(39)34-26(20-21-8-6-5-7-9-21)29(38)35(19-18-32)27(22-10-14-24(36)15-11-22)28(37)33-23-12-16-25(40-4)17-13-23/h5-17,26-27,36H,19-20H2,1-4H3,(H,33,37)(H,34,39). The monoisotopic (exact) mass is 558 g/mol. The lowest BCUT2D eigenvalue weighted by Crippen LogP contribution is -2.53. The van der Waals surface area contributed by atoms with E-state index in [2.05, 4.69) is 10.6 Å². The number of hydrogen-bond donors (Lipinski definition) is 3. The summed E-state index contributed by atoms with van der Waals surface area (Å²) in [5.41, 5.74) is 0.733. The van der Waals surface area contributed by atoms with Crippen molar-refractivity contribution in [3.63, 3.8) is 0 Å². The SMILES string of the molecule is COc1ccc(NC(=O)C(c2ccc(O)cc2)N(CC#N)C(=O)C(Cc2ccccc2)NC(=O)OC(C)(C)C)cc1. The number of phenols is 1. The van der Waals surface area contributed by atoms with E-state index in [9.17, 15) is 24.8 Å². The lowest BCUT2D eigenvalue weighted by molar-refractivity contribution is -0.140. The van der Waals surface area contributed by atoms with Crippen LogP contribution in [0.5, 0.6) is 11.5 Å². The van der Waals surface area contributed by atoms with E-state index in [-0.39, 0.29) is 12.2 Å². The summed E-state index contributed by atoms with van der Waals surface area (Å²) in [7, 11) is 1.52. The molecular weight excluding hydrogens is 524 g/mol. The summed E-state index contributed by atoms with van der Waals surface area (Å²) in [6.45, 7) is 4.65. The normalized spacial score (nSPS) is 12.3. The summed E-state index contributed by atoms with van der Waals surface area (Å²) in [5, 5.41) is 25.0. The van der Waals surface area contributed by atoms with Crippen molar-refractivity contribution in [1.29, 1.82) is 5.26 Å². The molecule has 3 N–H and O–H groups in total. The highest BCUT2D eigenvalue weighted by Gasteiger charge is 2.36. The molecule has 0 bridgehead atoms. The predicted molar refractivity (Wildman–Crippen MR) is 153 cm³/mol. The third-order valence-electron chi connectivity index (χ3n) is 5.92. The number of nitrogens with one attached hydrogen (secondary N) is 2. The Morgan fingerprint density at radius 3 is 2.17 bits per heavy atom. The first-order valence-corrected chi connectivity index (χ1v) is 13.0. The number of carbonyl (C=O) groups excluding carboxylic acids is 3. The number of anilines is 1. The molecule has 10 nitrogen and oxygen atoms in total. The number of ether oxygens (including phenoxy) is 2. The molecule has 0 radical (unpaired) electrons. The topological polar surface area (TPSA) is 141 Å². The molecule has 3 aromatic carbocycles. The van der Waals surface area contributed by atoms with Crippen LogP contribution in [0.25, 0.3) is 0 Å². The minimum atomic E-state index is -1.27. The predicted octanol–water partition coefficient (Wildman–Crippen LogP) is 4.57. The van der Waals surface area contributed by atoms with Crippen molar-refractivity contribution in [1.82, 2.24) is 10.2 Å². The average Bonchev–Trinajstić information content (AvgIpc) is 2.93. The van der Waals surface area contributed by atoms with E-state index in [1.54, 1.807) is 69.3 Å². The first kappa shape index (κ1) is 30.5. The van der Waals surface area contributed by atoms with Gasteiger partial charge in [0.05, 0.1) is 13.2 Å². The van der Waals surface area contributed by atoms with Crippen molar-refractivity contribution in [3.05, 3.63) is 90.0 Å². The van der Waals surface area contributed by atoms with E-state index in [1.165, 1.54) is 31.4 Å². The number of hydrogen-bond acceptors (Lipinski definition) is 7. The Morgan fingerprint density at radius 1 is 0.976 bits per heavy atom. The van der Waals surface area contributed by atoms with Crippen LogP contribution in [-0.2, 0) is 20.7 Å². The molecule has 3 rings (SSSR count). The quantitative estimate of drug-likeness (QED) is 0.310. The summed E-state index contributed by atoms with van der Waals surface area (Å²) >= 11 is 0. The first-order valence-electron chi connectivity index (χ1n) is 13.0. The molecule has 0 aliphatic carbocycles. The van der Waals surface area contributed by atoms with Gasteiger partial charge in [0.2, 0.25) is 5.91 Å². The average molecular weight is 559 g/mol. The van der Waals surface area contributed by atoms with Gasteiger partial charge in [-0.05, 0) is 68.3 Å². The van der Waals surface area contributed by atoms with Crippen molar-refractivity contribution < 1.29 is 29.0 Å². The highest BCUT2D eigenvalue weighted by molar-refractivity contribution is 5.99. The van der Waals surface area contributed by atoms with E-state index < -0.39 is 42.1 Å². The second-order valence-corrected chi connectivity index (χ2v) is 10.2. The molecule has 0 aliphatic heterocycles. The van der Waals surface area contributed by atoms with E-state index in [0.717, 1.165) is 10.5 Å². The van der Waals surface area contributed by atoms with Crippen LogP contribution in [0.4, 0.5) is 10.5 Å². The molecule has 0 heterocycles. The lowest BCUT2D eigenvalue weighted by atomic mass is 10.00. The van der Waals surface area contributed by atoms with Crippen LogP contribution in [0.2, 0.25) is 0 Å². The van der Waals surface area contributed by atoms with Crippen molar-refractivity contribution in [2.75, 3.05) is 19.0 Å². The van der Waals surface area contributed by atoms with Gasteiger partial charge in [0.15, 0.2) is 0 Å². The van der Waals surface area contributed by atoms with Gasteiger partial charge in [-0.3, -0.25) is 9.59 Å². The summed E-state index contributed by atoms with van der Waals surface area (Å²) in [4.78, 5) is 41.7. The van der Waals surface area contributed by atoms with Gasteiger partial charge in [0.1, 0.15) is 35.7 Å². The summed E-state index contributed by atoms with van der Waals surface area (Å²) in [6.07, 6.45) is -0.726. The molecule has 0 fully saturated rings. The number of rotatable bonds is 10. The number of nitrogens with zero attached hydrogens (tertiary/aromatic N) is 2. The molecule has 41 heavy (non-hydrogen) atoms. The van der Waals surface area contributed by atoms with Crippen LogP contribution < -0.4 is 15.4 Å². The van der Waals surface area contributed by atoms with Crippen LogP contribution in [0.3, 0.4) is 0 Å². The van der Waals surface area contributed by atoms with Crippen LogP contribution in [0.15, 0.2) is 78.9 Å². The molecule has 0 aromatic heterocycles. The van der Waals surface area contributed by atoms with Crippen LogP contribution >= 0.6 is 0 Å². The summed E-state index contributed by atoms with van der Waals surface area (Å²) < 4.78 is 10.6. The highest BCUT2D eigenvalue weighted by atomic mass is 16.6. The van der Waals surface area contributed by atoms with Crippen LogP contribution in [0, 0.1) is 11.3 Å². The molecule has 0 aliphatic rings. The van der Waals surface area contributed by atoms with Crippen molar-refractivity contribution in [2.24, 2.45) is 0 Å². The van der Waals surface area contributed by atoms with Gasteiger partial charge in [-0.15, -0.1) is 0 Å². The number of nitriles is 1. The zero-order valence-corrected chi connectivity index (χ0v) is 23.5. The maximum Gasteiger partial charge on any atom is 0.408 e. The smallest absolute Gasteiger partial charge is 0.408 e. The fourth-order valence-corrected chi connectivity index (χ4v) is 4.09. The highest BCUT2D eigenvalue weighted by Crippen LogP contribution is 2.27. The van der Waals surface area contributed by atoms with E-state index in [4.69, 9.17) is 9.47 Å². The number of methoxy groups -OCH3 is 1. The largest absolute Gasteiger partial charge is 0.508 e. The third-order valence-corrected chi connectivity index (χ3v) is 5.92. The Labute approximate surface area is 239 Å². The number of aromatic hydroxyl groups is 1. The van der Waals surface area contributed by atoms with Crippen LogP contribution in [-0.4, -0.2) is 53.2 Å². The molecule has 10 heteroatoms. The second kappa shape index (κ2) is 13.8. The maximum absolute atomic E-state index is 14.1. The summed E-state index contributed by atoms with van der Waals surface area (Å²) in [5.74, 6) is -0.699. The Balaban J connectivity index is 2.01. The zero-order chi connectivity index (χ0) is 30.0. The molecular formula is C31H34N4O6. The minimum absolute atomic E-state index is 0.0326. The Hall–Kier alpha value is -5.04. The number of carbonyl (C=O) groups is 3. The molecule has 2 atom stereocenters. The molecule has 2 unspecified atom stereocenters. The Kier molecular flexibility index (Phi) is 10.3. The third kappa shape index (κ3) is 9.00. The van der Waals surface area contributed by atoms with Gasteiger partial charge < -0.3 is 30.1 Å². The van der Waals surface area contributed by atoms with Gasteiger partial charge in [-0.25, -0.2) is 4.79 Å². The minimum Gasteiger partial charge on any atom is -0.508 e. The fraction of sp³-hybridized carbons (Fsp3) is 0.290. The number of benzene rings is 3. The fourth-order valence-electron chi connectivity index (χ4n) is 4.09. The van der Waals surface area contributed by atoms with E-state index in [1.807, 2.05) is 12.1 Å². The van der Waals surface area contributed by atoms with Crippen molar-refractivity contribution >= 4 is 23.6 Å². The molecule has 0 spiro atoms. The maximum atomic E-state index is 14.1.